The number of methoxy groups -OCH3 is 1. The molecule has 0 bridgehead atoms. The first kappa shape index (κ1) is 14.9. The first-order chi connectivity index (χ1) is 10.2. The van der Waals surface area contributed by atoms with E-state index >= 15 is 0 Å². The first-order valence-corrected chi connectivity index (χ1v) is 6.86. The van der Waals surface area contributed by atoms with Gasteiger partial charge in [0.25, 0.3) is 0 Å². The molecule has 0 unspecified atom stereocenters. The fourth-order valence-electron chi connectivity index (χ4n) is 1.98. The summed E-state index contributed by atoms with van der Waals surface area (Å²) in [6, 6.07) is 7.24. The lowest BCUT2D eigenvalue weighted by Gasteiger charge is -2.21. The van der Waals surface area contributed by atoms with Crippen LogP contribution in [0.25, 0.3) is 0 Å². The Hall–Kier alpha value is -2.50. The minimum atomic E-state index is 0.358. The molecule has 6 heteroatoms. The van der Waals surface area contributed by atoms with Crippen LogP contribution in [0.4, 0.5) is 11.5 Å². The summed E-state index contributed by atoms with van der Waals surface area (Å²) in [6.07, 6.45) is 1.46. The second kappa shape index (κ2) is 6.78. The van der Waals surface area contributed by atoms with Crippen molar-refractivity contribution in [2.45, 2.75) is 13.8 Å². The van der Waals surface area contributed by atoms with Gasteiger partial charge < -0.3 is 20.1 Å². The van der Waals surface area contributed by atoms with Gasteiger partial charge >= 0.3 is 0 Å². The SMILES string of the molecule is CCN(CC)c1ncnc(Oc2ccc(OC)cc2)c1N. The third kappa shape index (κ3) is 3.34. The van der Waals surface area contributed by atoms with Crippen LogP contribution in [0.3, 0.4) is 0 Å². The molecule has 0 fully saturated rings. The smallest absolute Gasteiger partial charge is 0.248 e. The molecule has 112 valence electrons. The molecule has 0 aliphatic rings. The Kier molecular flexibility index (Phi) is 4.81. The number of nitrogen functional groups attached to an aromatic ring is 1. The van der Waals surface area contributed by atoms with Crippen LogP contribution in [0, 0.1) is 0 Å². The van der Waals surface area contributed by atoms with E-state index < -0.39 is 0 Å². The Morgan fingerprint density at radius 1 is 1.05 bits per heavy atom. The van der Waals surface area contributed by atoms with Gasteiger partial charge in [0.05, 0.1) is 7.11 Å². The van der Waals surface area contributed by atoms with Gasteiger partial charge in [-0.25, -0.2) is 4.98 Å². The van der Waals surface area contributed by atoms with Gasteiger partial charge in [-0.3, -0.25) is 0 Å². The van der Waals surface area contributed by atoms with E-state index in [9.17, 15) is 0 Å². The lowest BCUT2D eigenvalue weighted by atomic mass is 10.3. The quantitative estimate of drug-likeness (QED) is 0.881. The third-order valence-electron chi connectivity index (χ3n) is 3.16. The van der Waals surface area contributed by atoms with Crippen LogP contribution in [0.15, 0.2) is 30.6 Å². The summed E-state index contributed by atoms with van der Waals surface area (Å²) in [6.45, 7) is 5.74. The Labute approximate surface area is 124 Å². The maximum Gasteiger partial charge on any atom is 0.248 e. The van der Waals surface area contributed by atoms with Crippen LogP contribution >= 0.6 is 0 Å². The van der Waals surface area contributed by atoms with Crippen LogP contribution < -0.4 is 20.1 Å². The Balaban J connectivity index is 2.25. The molecule has 0 radical (unpaired) electrons. The number of nitrogens with zero attached hydrogens (tertiary/aromatic N) is 3. The molecule has 1 heterocycles. The van der Waals surface area contributed by atoms with Crippen LogP contribution in [-0.4, -0.2) is 30.2 Å². The number of hydrogen-bond acceptors (Lipinski definition) is 6. The molecule has 0 atom stereocenters. The van der Waals surface area contributed by atoms with E-state index in [1.165, 1.54) is 6.33 Å². The number of ether oxygens (including phenoxy) is 2. The third-order valence-corrected chi connectivity index (χ3v) is 3.16. The Morgan fingerprint density at radius 2 is 1.67 bits per heavy atom. The second-order valence-electron chi connectivity index (χ2n) is 4.37. The number of benzene rings is 1. The summed E-state index contributed by atoms with van der Waals surface area (Å²) < 4.78 is 10.8. The average molecular weight is 288 g/mol. The number of nitrogens with two attached hydrogens (primary N) is 1. The monoisotopic (exact) mass is 288 g/mol. The van der Waals surface area contributed by atoms with Gasteiger partial charge in [0.2, 0.25) is 5.88 Å². The predicted molar refractivity (Wildman–Crippen MR) is 83.1 cm³/mol. The van der Waals surface area contributed by atoms with Crippen molar-refractivity contribution < 1.29 is 9.47 Å². The second-order valence-corrected chi connectivity index (χ2v) is 4.37. The standard InChI is InChI=1S/C15H20N4O2/c1-4-19(5-2)14-13(16)15(18-10-17-14)21-12-8-6-11(20-3)7-9-12/h6-10H,4-5,16H2,1-3H3. The van der Waals surface area contributed by atoms with Gasteiger partial charge in [0.15, 0.2) is 5.82 Å². The molecule has 21 heavy (non-hydrogen) atoms. The molecule has 0 amide bonds. The lowest BCUT2D eigenvalue weighted by Crippen LogP contribution is -2.24. The van der Waals surface area contributed by atoms with E-state index in [0.717, 1.165) is 18.8 Å². The van der Waals surface area contributed by atoms with Crippen molar-refractivity contribution in [2.75, 3.05) is 30.8 Å². The number of aromatic nitrogens is 2. The predicted octanol–water partition coefficient (Wildman–Crippen LogP) is 2.71. The van der Waals surface area contributed by atoms with Gasteiger partial charge in [-0.2, -0.15) is 4.98 Å². The summed E-state index contributed by atoms with van der Waals surface area (Å²) in [7, 11) is 1.62. The highest BCUT2D eigenvalue weighted by molar-refractivity contribution is 5.68. The number of anilines is 2. The summed E-state index contributed by atoms with van der Waals surface area (Å²) in [5.74, 6) is 2.46. The van der Waals surface area contributed by atoms with Gasteiger partial charge in [-0.15, -0.1) is 0 Å². The zero-order valence-electron chi connectivity index (χ0n) is 12.5. The zero-order valence-corrected chi connectivity index (χ0v) is 12.5. The van der Waals surface area contributed by atoms with Crippen molar-refractivity contribution in [3.63, 3.8) is 0 Å². The van der Waals surface area contributed by atoms with E-state index in [1.54, 1.807) is 19.2 Å². The highest BCUT2D eigenvalue weighted by atomic mass is 16.5. The Bertz CT molecular complexity index is 583. The highest BCUT2D eigenvalue weighted by Gasteiger charge is 2.14. The number of rotatable bonds is 6. The van der Waals surface area contributed by atoms with Crippen molar-refractivity contribution in [1.29, 1.82) is 0 Å². The van der Waals surface area contributed by atoms with E-state index in [4.69, 9.17) is 15.2 Å². The van der Waals surface area contributed by atoms with Crippen molar-refractivity contribution in [2.24, 2.45) is 0 Å². The van der Waals surface area contributed by atoms with Crippen LogP contribution in [-0.2, 0) is 0 Å². The van der Waals surface area contributed by atoms with Gasteiger partial charge in [-0.1, -0.05) is 0 Å². The van der Waals surface area contributed by atoms with Crippen molar-refractivity contribution in [3.05, 3.63) is 30.6 Å². The van der Waals surface area contributed by atoms with E-state index in [1.807, 2.05) is 12.1 Å². The van der Waals surface area contributed by atoms with Crippen LogP contribution in [0.2, 0.25) is 0 Å². The summed E-state index contributed by atoms with van der Waals surface area (Å²) >= 11 is 0. The summed E-state index contributed by atoms with van der Waals surface area (Å²) in [4.78, 5) is 10.4. The summed E-state index contributed by atoms with van der Waals surface area (Å²) in [5.41, 5.74) is 6.56. The fourth-order valence-corrected chi connectivity index (χ4v) is 1.98. The van der Waals surface area contributed by atoms with E-state index in [-0.39, 0.29) is 0 Å². The molecule has 2 N–H and O–H groups in total. The van der Waals surface area contributed by atoms with Crippen molar-refractivity contribution in [1.82, 2.24) is 9.97 Å². The molecule has 0 saturated carbocycles. The number of hydrogen-bond donors (Lipinski definition) is 1. The fraction of sp³-hybridized carbons (Fsp3) is 0.333. The molecule has 2 aromatic rings. The van der Waals surface area contributed by atoms with Crippen molar-refractivity contribution >= 4 is 11.5 Å². The van der Waals surface area contributed by atoms with Crippen LogP contribution in [0.5, 0.6) is 17.4 Å². The molecule has 0 aliphatic carbocycles. The minimum Gasteiger partial charge on any atom is -0.497 e. The normalized spacial score (nSPS) is 10.2. The van der Waals surface area contributed by atoms with Crippen molar-refractivity contribution in [3.8, 4) is 17.4 Å². The highest BCUT2D eigenvalue weighted by Crippen LogP contribution is 2.31. The van der Waals surface area contributed by atoms with Gasteiger partial charge in [0, 0.05) is 13.1 Å². The lowest BCUT2D eigenvalue weighted by molar-refractivity contribution is 0.412. The molecule has 0 aliphatic heterocycles. The molecule has 2 rings (SSSR count). The topological polar surface area (TPSA) is 73.5 Å². The largest absolute Gasteiger partial charge is 0.497 e. The maximum atomic E-state index is 6.12. The zero-order chi connectivity index (χ0) is 15.2. The first-order valence-electron chi connectivity index (χ1n) is 6.86. The molecule has 6 nitrogen and oxygen atoms in total. The van der Waals surface area contributed by atoms with E-state index in [2.05, 4.69) is 28.7 Å². The molecule has 0 saturated heterocycles. The molecule has 0 spiro atoms. The summed E-state index contributed by atoms with van der Waals surface area (Å²) in [5, 5.41) is 0. The van der Waals surface area contributed by atoms with Gasteiger partial charge in [-0.05, 0) is 38.1 Å². The molecule has 1 aromatic heterocycles. The maximum absolute atomic E-state index is 6.12. The van der Waals surface area contributed by atoms with Gasteiger partial charge in [0.1, 0.15) is 23.5 Å². The molecular weight excluding hydrogens is 268 g/mol. The average Bonchev–Trinajstić information content (AvgIpc) is 2.52. The van der Waals surface area contributed by atoms with E-state index in [0.29, 0.717) is 23.1 Å². The van der Waals surface area contributed by atoms with Crippen LogP contribution in [0.1, 0.15) is 13.8 Å². The molecule has 1 aromatic carbocycles. The minimum absolute atomic E-state index is 0.358. The molecular formula is C15H20N4O2. The Morgan fingerprint density at radius 3 is 2.24 bits per heavy atom.